The highest BCUT2D eigenvalue weighted by Crippen LogP contribution is 2.33. The number of rotatable bonds is 6. The summed E-state index contributed by atoms with van der Waals surface area (Å²) >= 11 is 0. The van der Waals surface area contributed by atoms with Crippen LogP contribution in [-0.2, 0) is 11.2 Å². The van der Waals surface area contributed by atoms with Crippen LogP contribution in [-0.4, -0.2) is 26.1 Å². The molecule has 102 valence electrons. The quantitative estimate of drug-likeness (QED) is 0.763. The zero-order valence-corrected chi connectivity index (χ0v) is 11.2. The highest BCUT2D eigenvalue weighted by Gasteiger charge is 2.21. The second-order valence-electron chi connectivity index (χ2n) is 4.62. The summed E-state index contributed by atoms with van der Waals surface area (Å²) in [5, 5.41) is 5.98. The average molecular weight is 260 g/mol. The van der Waals surface area contributed by atoms with Crippen LogP contribution < -0.4 is 15.4 Å². The van der Waals surface area contributed by atoms with Crippen molar-refractivity contribution in [2.75, 3.05) is 20.2 Å². The van der Waals surface area contributed by atoms with Crippen molar-refractivity contribution in [1.29, 1.82) is 0 Å². The van der Waals surface area contributed by atoms with E-state index in [0.29, 0.717) is 12.6 Å². The van der Waals surface area contributed by atoms with Gasteiger partial charge in [0.15, 0.2) is 6.61 Å². The van der Waals surface area contributed by atoms with Crippen molar-refractivity contribution in [2.45, 2.75) is 18.9 Å². The van der Waals surface area contributed by atoms with E-state index in [0.717, 1.165) is 18.6 Å². The van der Waals surface area contributed by atoms with Crippen LogP contribution in [0.3, 0.4) is 0 Å². The second kappa shape index (κ2) is 6.38. The highest BCUT2D eigenvalue weighted by molar-refractivity contribution is 5.77. The molecule has 1 aromatic rings. The number of carbonyl (C=O) groups excluding carboxylic acids is 1. The fraction of sp³-hybridized carbons (Fsp3) is 0.400. The fourth-order valence-corrected chi connectivity index (χ4v) is 2.37. The molecule has 1 aromatic carbocycles. The first-order valence-electron chi connectivity index (χ1n) is 6.55. The predicted molar refractivity (Wildman–Crippen MR) is 75.3 cm³/mol. The summed E-state index contributed by atoms with van der Waals surface area (Å²) in [6.07, 6.45) is 3.82. The molecule has 0 saturated carbocycles. The summed E-state index contributed by atoms with van der Waals surface area (Å²) in [6.45, 7) is 4.06. The van der Waals surface area contributed by atoms with E-state index in [9.17, 15) is 4.79 Å². The van der Waals surface area contributed by atoms with Crippen LogP contribution in [0, 0.1) is 0 Å². The minimum atomic E-state index is -0.131. The van der Waals surface area contributed by atoms with E-state index in [1.165, 1.54) is 11.1 Å². The van der Waals surface area contributed by atoms with Crippen molar-refractivity contribution in [1.82, 2.24) is 10.6 Å². The van der Waals surface area contributed by atoms with Gasteiger partial charge in [0.1, 0.15) is 5.75 Å². The van der Waals surface area contributed by atoms with Gasteiger partial charge in [0, 0.05) is 12.6 Å². The van der Waals surface area contributed by atoms with Crippen LogP contribution in [0.15, 0.2) is 30.9 Å². The average Bonchev–Trinajstić information content (AvgIpc) is 2.85. The Bertz CT molecular complexity index is 471. The van der Waals surface area contributed by atoms with Crippen LogP contribution in [0.1, 0.15) is 23.6 Å². The van der Waals surface area contributed by atoms with Crippen molar-refractivity contribution in [3.8, 4) is 5.75 Å². The number of amides is 1. The first-order valence-corrected chi connectivity index (χ1v) is 6.55. The van der Waals surface area contributed by atoms with Gasteiger partial charge in [-0.3, -0.25) is 4.79 Å². The van der Waals surface area contributed by atoms with Crippen molar-refractivity contribution in [2.24, 2.45) is 0 Å². The lowest BCUT2D eigenvalue weighted by Crippen LogP contribution is -2.28. The van der Waals surface area contributed by atoms with Crippen molar-refractivity contribution in [3.05, 3.63) is 42.0 Å². The van der Waals surface area contributed by atoms with Gasteiger partial charge in [-0.15, -0.1) is 6.58 Å². The Hall–Kier alpha value is -1.81. The van der Waals surface area contributed by atoms with E-state index in [2.05, 4.69) is 23.3 Å². The van der Waals surface area contributed by atoms with E-state index in [4.69, 9.17) is 4.74 Å². The standard InChI is InChI=1S/C15H20N2O2/c1-3-8-17-15(18)10-19-12-5-6-13-11(9-12)4-7-14(13)16-2/h3,5-6,9,14,16H,1,4,7-8,10H2,2H3,(H,17,18). The topological polar surface area (TPSA) is 50.4 Å². The largest absolute Gasteiger partial charge is 0.484 e. The lowest BCUT2D eigenvalue weighted by atomic mass is 10.1. The molecule has 1 aliphatic carbocycles. The van der Waals surface area contributed by atoms with E-state index >= 15 is 0 Å². The van der Waals surface area contributed by atoms with E-state index in [1.54, 1.807) is 6.08 Å². The lowest BCUT2D eigenvalue weighted by molar-refractivity contribution is -0.122. The summed E-state index contributed by atoms with van der Waals surface area (Å²) in [4.78, 5) is 11.4. The molecular weight excluding hydrogens is 240 g/mol. The third kappa shape index (κ3) is 3.35. The molecule has 1 atom stereocenters. The maximum atomic E-state index is 11.4. The first kappa shape index (κ1) is 13.6. The van der Waals surface area contributed by atoms with Gasteiger partial charge in [0.2, 0.25) is 0 Å². The third-order valence-corrected chi connectivity index (χ3v) is 3.35. The summed E-state index contributed by atoms with van der Waals surface area (Å²) in [5.41, 5.74) is 2.65. The molecule has 0 saturated heterocycles. The second-order valence-corrected chi connectivity index (χ2v) is 4.62. The number of hydrogen-bond donors (Lipinski definition) is 2. The molecule has 2 N–H and O–H groups in total. The molecule has 4 heteroatoms. The van der Waals surface area contributed by atoms with Gasteiger partial charge < -0.3 is 15.4 Å². The Labute approximate surface area is 113 Å². The Kier molecular flexibility index (Phi) is 4.58. The number of aryl methyl sites for hydroxylation is 1. The van der Waals surface area contributed by atoms with Crippen LogP contribution in [0.2, 0.25) is 0 Å². The van der Waals surface area contributed by atoms with Crippen molar-refractivity contribution in [3.63, 3.8) is 0 Å². The lowest BCUT2D eigenvalue weighted by Gasteiger charge is -2.11. The zero-order valence-electron chi connectivity index (χ0n) is 11.2. The van der Waals surface area contributed by atoms with E-state index in [-0.39, 0.29) is 12.5 Å². The van der Waals surface area contributed by atoms with Gasteiger partial charge in [-0.1, -0.05) is 12.1 Å². The van der Waals surface area contributed by atoms with Gasteiger partial charge in [-0.25, -0.2) is 0 Å². The van der Waals surface area contributed by atoms with E-state index in [1.807, 2.05) is 19.2 Å². The maximum absolute atomic E-state index is 11.4. The Morgan fingerprint density at radius 1 is 1.58 bits per heavy atom. The minimum absolute atomic E-state index is 0.0437. The van der Waals surface area contributed by atoms with Gasteiger partial charge >= 0.3 is 0 Å². The predicted octanol–water partition coefficient (Wildman–Crippen LogP) is 1.57. The minimum Gasteiger partial charge on any atom is -0.484 e. The molecule has 4 nitrogen and oxygen atoms in total. The molecule has 0 bridgehead atoms. The molecule has 0 fully saturated rings. The molecule has 1 amide bonds. The normalized spacial score (nSPS) is 16.8. The number of benzene rings is 1. The SMILES string of the molecule is C=CCNC(=O)COc1ccc2c(c1)CCC2NC. The van der Waals surface area contributed by atoms with E-state index < -0.39 is 0 Å². The smallest absolute Gasteiger partial charge is 0.258 e. The van der Waals surface area contributed by atoms with Crippen molar-refractivity contribution < 1.29 is 9.53 Å². The third-order valence-electron chi connectivity index (χ3n) is 3.35. The summed E-state index contributed by atoms with van der Waals surface area (Å²) < 4.78 is 5.49. The summed E-state index contributed by atoms with van der Waals surface area (Å²) in [7, 11) is 1.98. The molecule has 19 heavy (non-hydrogen) atoms. The van der Waals surface area contributed by atoms with Crippen LogP contribution >= 0.6 is 0 Å². The van der Waals surface area contributed by atoms with Gasteiger partial charge in [-0.2, -0.15) is 0 Å². The fourth-order valence-electron chi connectivity index (χ4n) is 2.37. The Morgan fingerprint density at radius 2 is 2.42 bits per heavy atom. The zero-order chi connectivity index (χ0) is 13.7. The molecule has 0 radical (unpaired) electrons. The Balaban J connectivity index is 1.92. The molecule has 1 unspecified atom stereocenters. The number of ether oxygens (including phenoxy) is 1. The molecule has 2 rings (SSSR count). The molecule has 0 heterocycles. The van der Waals surface area contributed by atoms with Crippen LogP contribution in [0.4, 0.5) is 0 Å². The summed E-state index contributed by atoms with van der Waals surface area (Å²) in [5.74, 6) is 0.623. The molecule has 0 spiro atoms. The highest BCUT2D eigenvalue weighted by atomic mass is 16.5. The van der Waals surface area contributed by atoms with Crippen molar-refractivity contribution >= 4 is 5.91 Å². The number of nitrogens with one attached hydrogen (secondary N) is 2. The number of carbonyl (C=O) groups is 1. The summed E-state index contributed by atoms with van der Waals surface area (Å²) in [6, 6.07) is 6.49. The molecular formula is C15H20N2O2. The van der Waals surface area contributed by atoms with Gasteiger partial charge in [-0.05, 0) is 43.1 Å². The van der Waals surface area contributed by atoms with Gasteiger partial charge in [0.25, 0.3) is 5.91 Å². The first-order chi connectivity index (χ1) is 9.24. The molecule has 0 aromatic heterocycles. The Morgan fingerprint density at radius 3 is 3.16 bits per heavy atom. The van der Waals surface area contributed by atoms with Gasteiger partial charge in [0.05, 0.1) is 0 Å². The molecule has 1 aliphatic rings. The number of hydrogen-bond acceptors (Lipinski definition) is 3. The van der Waals surface area contributed by atoms with Crippen LogP contribution in [0.25, 0.3) is 0 Å². The monoisotopic (exact) mass is 260 g/mol. The maximum Gasteiger partial charge on any atom is 0.258 e. The van der Waals surface area contributed by atoms with Crippen LogP contribution in [0.5, 0.6) is 5.75 Å². The molecule has 0 aliphatic heterocycles. The number of fused-ring (bicyclic) bond motifs is 1.